The molecule has 0 aliphatic carbocycles. The van der Waals surface area contributed by atoms with E-state index >= 15 is 0 Å². The minimum atomic E-state index is -4.42. The van der Waals surface area contributed by atoms with Crippen molar-refractivity contribution in [1.82, 2.24) is 0 Å². The maximum atomic E-state index is 12.2. The summed E-state index contributed by atoms with van der Waals surface area (Å²) in [4.78, 5) is 10.3. The third-order valence-electron chi connectivity index (χ3n) is 1.67. The van der Waals surface area contributed by atoms with E-state index in [4.69, 9.17) is 16.7 Å². The number of alkyl halides is 3. The summed E-state index contributed by atoms with van der Waals surface area (Å²) >= 11 is 5.18. The third kappa shape index (κ3) is 3.95. The Morgan fingerprint density at radius 2 is 1.82 bits per heavy atom. The molecule has 0 amide bonds. The lowest BCUT2D eigenvalue weighted by Crippen LogP contribution is -2.08. The number of aliphatic carboxylic acids is 1. The number of nitrogens with one attached hydrogen (secondary N) is 1. The number of hydrazone groups is 1. The molecule has 17 heavy (non-hydrogen) atoms. The third-order valence-corrected chi connectivity index (χ3v) is 1.92. The first-order chi connectivity index (χ1) is 7.80. The molecule has 0 bridgehead atoms. The zero-order chi connectivity index (χ0) is 13.1. The molecule has 0 spiro atoms. The highest BCUT2D eigenvalue weighted by molar-refractivity contribution is 6.81. The standard InChI is InChI=1S/C9H6ClF3N2O2/c10-7(8(16)17)15-14-6-3-1-5(2-4-6)9(11,12)13/h1-4,14H,(H,16,17). The van der Waals surface area contributed by atoms with Crippen LogP contribution in [0.2, 0.25) is 0 Å². The van der Waals surface area contributed by atoms with Gasteiger partial charge in [-0.25, -0.2) is 4.79 Å². The number of halogens is 4. The second-order valence-corrected chi connectivity index (χ2v) is 3.25. The molecule has 0 saturated heterocycles. The van der Waals surface area contributed by atoms with Crippen molar-refractivity contribution >= 4 is 28.4 Å². The Balaban J connectivity index is 2.76. The minimum Gasteiger partial charge on any atom is -0.476 e. The van der Waals surface area contributed by atoms with E-state index in [9.17, 15) is 18.0 Å². The Labute approximate surface area is 98.7 Å². The van der Waals surface area contributed by atoms with E-state index in [1.54, 1.807) is 0 Å². The van der Waals surface area contributed by atoms with Gasteiger partial charge in [-0.15, -0.1) is 0 Å². The molecule has 0 aliphatic heterocycles. The van der Waals surface area contributed by atoms with Crippen molar-refractivity contribution in [2.45, 2.75) is 6.18 Å². The summed E-state index contributed by atoms with van der Waals surface area (Å²) in [5.41, 5.74) is 1.60. The highest BCUT2D eigenvalue weighted by atomic mass is 35.5. The van der Waals surface area contributed by atoms with Crippen LogP contribution in [0.15, 0.2) is 29.4 Å². The lowest BCUT2D eigenvalue weighted by Gasteiger charge is -2.07. The number of carboxylic acids is 1. The van der Waals surface area contributed by atoms with E-state index in [-0.39, 0.29) is 5.69 Å². The van der Waals surface area contributed by atoms with Gasteiger partial charge in [0.05, 0.1) is 11.3 Å². The zero-order valence-corrected chi connectivity index (χ0v) is 8.88. The fraction of sp³-hybridized carbons (Fsp3) is 0.111. The molecule has 0 heterocycles. The molecule has 1 aromatic rings. The van der Waals surface area contributed by atoms with Gasteiger partial charge in [-0.05, 0) is 24.3 Å². The Bertz CT molecular complexity index is 443. The fourth-order valence-corrected chi connectivity index (χ4v) is 0.937. The number of nitrogens with zero attached hydrogens (tertiary/aromatic N) is 1. The van der Waals surface area contributed by atoms with Crippen LogP contribution in [-0.2, 0) is 11.0 Å². The molecule has 92 valence electrons. The molecule has 0 unspecified atom stereocenters. The van der Waals surface area contributed by atoms with Gasteiger partial charge in [0.25, 0.3) is 0 Å². The number of hydrogen-bond donors (Lipinski definition) is 2. The van der Waals surface area contributed by atoms with E-state index in [0.717, 1.165) is 24.3 Å². The predicted octanol–water partition coefficient (Wildman–Crippen LogP) is 2.75. The second kappa shape index (κ2) is 5.05. The topological polar surface area (TPSA) is 61.7 Å². The van der Waals surface area contributed by atoms with Gasteiger partial charge in [0.1, 0.15) is 0 Å². The fourth-order valence-electron chi connectivity index (χ4n) is 0.895. The summed E-state index contributed by atoms with van der Waals surface area (Å²) in [6.07, 6.45) is -4.42. The van der Waals surface area contributed by atoms with E-state index in [1.807, 2.05) is 0 Å². The predicted molar refractivity (Wildman–Crippen MR) is 56.0 cm³/mol. The average molecular weight is 267 g/mol. The van der Waals surface area contributed by atoms with E-state index in [0.29, 0.717) is 0 Å². The first-order valence-electron chi connectivity index (χ1n) is 4.20. The molecule has 0 aliphatic rings. The average Bonchev–Trinajstić information content (AvgIpc) is 2.25. The smallest absolute Gasteiger partial charge is 0.416 e. The highest BCUT2D eigenvalue weighted by Gasteiger charge is 2.29. The molecular formula is C9H6ClF3N2O2. The molecule has 2 N–H and O–H groups in total. The quantitative estimate of drug-likeness (QED) is 0.653. The number of rotatable bonds is 3. The first kappa shape index (κ1) is 13.3. The van der Waals surface area contributed by atoms with Crippen LogP contribution in [0.1, 0.15) is 5.56 Å². The van der Waals surface area contributed by atoms with Gasteiger partial charge >= 0.3 is 12.1 Å². The Hall–Kier alpha value is -1.76. The van der Waals surface area contributed by atoms with Crippen LogP contribution in [0.3, 0.4) is 0 Å². The van der Waals surface area contributed by atoms with Gasteiger partial charge in [-0.3, -0.25) is 5.43 Å². The Kier molecular flexibility index (Phi) is 3.95. The van der Waals surface area contributed by atoms with Gasteiger partial charge in [0.2, 0.25) is 5.17 Å². The van der Waals surface area contributed by atoms with Crippen molar-refractivity contribution in [2.24, 2.45) is 5.10 Å². The summed E-state index contributed by atoms with van der Waals surface area (Å²) in [7, 11) is 0. The second-order valence-electron chi connectivity index (χ2n) is 2.89. The SMILES string of the molecule is O=C(O)C(Cl)=NNc1ccc(C(F)(F)F)cc1. The number of carboxylic acid groups (broad SMARTS) is 1. The number of benzene rings is 1. The molecule has 0 radical (unpaired) electrons. The summed E-state index contributed by atoms with van der Waals surface area (Å²) < 4.78 is 36.6. The van der Waals surface area contributed by atoms with E-state index in [2.05, 4.69) is 10.5 Å². The maximum Gasteiger partial charge on any atom is 0.416 e. The summed E-state index contributed by atoms with van der Waals surface area (Å²) in [5.74, 6) is -1.44. The van der Waals surface area contributed by atoms with Gasteiger partial charge in [0, 0.05) is 0 Å². The van der Waals surface area contributed by atoms with Gasteiger partial charge in [0.15, 0.2) is 0 Å². The van der Waals surface area contributed by atoms with Crippen LogP contribution < -0.4 is 5.43 Å². The highest BCUT2D eigenvalue weighted by Crippen LogP contribution is 2.29. The molecule has 0 fully saturated rings. The van der Waals surface area contributed by atoms with Crippen molar-refractivity contribution in [3.8, 4) is 0 Å². The molecular weight excluding hydrogens is 261 g/mol. The monoisotopic (exact) mass is 266 g/mol. The van der Waals surface area contributed by atoms with Gasteiger partial charge in [-0.2, -0.15) is 18.3 Å². The van der Waals surface area contributed by atoms with Gasteiger partial charge in [-0.1, -0.05) is 11.6 Å². The number of hydrogen-bond acceptors (Lipinski definition) is 3. The van der Waals surface area contributed by atoms with E-state index in [1.165, 1.54) is 0 Å². The number of anilines is 1. The molecule has 1 rings (SSSR count). The number of carbonyl (C=O) groups is 1. The molecule has 0 aromatic heterocycles. The normalized spacial score (nSPS) is 12.4. The van der Waals surface area contributed by atoms with Crippen LogP contribution in [0.25, 0.3) is 0 Å². The van der Waals surface area contributed by atoms with E-state index < -0.39 is 22.9 Å². The maximum absolute atomic E-state index is 12.2. The minimum absolute atomic E-state index is 0.192. The van der Waals surface area contributed by atoms with Crippen LogP contribution in [0.4, 0.5) is 18.9 Å². The molecule has 1 aromatic carbocycles. The summed E-state index contributed by atoms with van der Waals surface area (Å²) in [6.45, 7) is 0. The Morgan fingerprint density at radius 3 is 2.24 bits per heavy atom. The van der Waals surface area contributed by atoms with Crippen molar-refractivity contribution < 1.29 is 23.1 Å². The van der Waals surface area contributed by atoms with Crippen LogP contribution in [0, 0.1) is 0 Å². The van der Waals surface area contributed by atoms with Crippen LogP contribution in [0.5, 0.6) is 0 Å². The summed E-state index contributed by atoms with van der Waals surface area (Å²) in [5, 5.41) is 10.9. The lowest BCUT2D eigenvalue weighted by atomic mass is 10.2. The zero-order valence-electron chi connectivity index (χ0n) is 8.12. The van der Waals surface area contributed by atoms with Crippen molar-refractivity contribution in [2.75, 3.05) is 5.43 Å². The molecule has 0 saturated carbocycles. The van der Waals surface area contributed by atoms with Crippen LogP contribution in [-0.4, -0.2) is 16.2 Å². The summed E-state index contributed by atoms with van der Waals surface area (Å²) in [6, 6.07) is 3.90. The molecule has 8 heteroatoms. The molecule has 4 nitrogen and oxygen atoms in total. The van der Waals surface area contributed by atoms with Crippen LogP contribution >= 0.6 is 11.6 Å². The first-order valence-corrected chi connectivity index (χ1v) is 4.58. The van der Waals surface area contributed by atoms with Crippen molar-refractivity contribution in [3.05, 3.63) is 29.8 Å². The van der Waals surface area contributed by atoms with Crippen molar-refractivity contribution in [1.29, 1.82) is 0 Å². The lowest BCUT2D eigenvalue weighted by molar-refractivity contribution is -0.137. The van der Waals surface area contributed by atoms with Gasteiger partial charge < -0.3 is 5.11 Å². The largest absolute Gasteiger partial charge is 0.476 e. The van der Waals surface area contributed by atoms with Crippen molar-refractivity contribution in [3.63, 3.8) is 0 Å². The molecule has 0 atom stereocenters. The Morgan fingerprint density at radius 1 is 1.29 bits per heavy atom.